The maximum Gasteiger partial charge on any atom is 0.134 e. The van der Waals surface area contributed by atoms with Crippen molar-refractivity contribution >= 4 is 26.9 Å². The SMILES string of the molecule is CC(NC1CCN(C)CC1C)c1cc2cc(Br)ccc2o1. The van der Waals surface area contributed by atoms with Crippen LogP contribution in [0.5, 0.6) is 0 Å². The van der Waals surface area contributed by atoms with Gasteiger partial charge in [-0.15, -0.1) is 0 Å². The zero-order valence-corrected chi connectivity index (χ0v) is 14.5. The van der Waals surface area contributed by atoms with Gasteiger partial charge in [0, 0.05) is 22.4 Å². The predicted octanol–water partition coefficient (Wildman–Crippen LogP) is 4.19. The van der Waals surface area contributed by atoms with Gasteiger partial charge in [0.1, 0.15) is 11.3 Å². The highest BCUT2D eigenvalue weighted by atomic mass is 79.9. The van der Waals surface area contributed by atoms with E-state index in [9.17, 15) is 0 Å². The molecule has 0 radical (unpaired) electrons. The minimum atomic E-state index is 0.243. The van der Waals surface area contributed by atoms with Gasteiger partial charge in [-0.1, -0.05) is 22.9 Å². The van der Waals surface area contributed by atoms with Crippen molar-refractivity contribution in [2.24, 2.45) is 5.92 Å². The third-order valence-electron chi connectivity index (χ3n) is 4.50. The lowest BCUT2D eigenvalue weighted by molar-refractivity contribution is 0.165. The number of piperidine rings is 1. The molecule has 21 heavy (non-hydrogen) atoms. The fourth-order valence-corrected chi connectivity index (χ4v) is 3.63. The number of rotatable bonds is 3. The normalized spacial score (nSPS) is 25.3. The van der Waals surface area contributed by atoms with E-state index in [-0.39, 0.29) is 6.04 Å². The maximum atomic E-state index is 5.99. The Kier molecular flexibility index (Phi) is 4.38. The quantitative estimate of drug-likeness (QED) is 0.899. The third kappa shape index (κ3) is 3.33. The molecule has 114 valence electrons. The van der Waals surface area contributed by atoms with Gasteiger partial charge < -0.3 is 14.6 Å². The molecule has 0 bridgehead atoms. The predicted molar refractivity (Wildman–Crippen MR) is 90.5 cm³/mol. The molecule has 4 heteroatoms. The van der Waals surface area contributed by atoms with Crippen molar-refractivity contribution in [3.63, 3.8) is 0 Å². The summed E-state index contributed by atoms with van der Waals surface area (Å²) in [6.07, 6.45) is 1.20. The molecule has 1 N–H and O–H groups in total. The Morgan fingerprint density at radius 1 is 1.38 bits per heavy atom. The number of nitrogens with one attached hydrogen (secondary N) is 1. The summed E-state index contributed by atoms with van der Waals surface area (Å²) in [4.78, 5) is 2.41. The number of benzene rings is 1. The first-order valence-electron chi connectivity index (χ1n) is 7.66. The van der Waals surface area contributed by atoms with Crippen LogP contribution in [0.3, 0.4) is 0 Å². The van der Waals surface area contributed by atoms with Crippen LogP contribution in [-0.4, -0.2) is 31.1 Å². The van der Waals surface area contributed by atoms with E-state index < -0.39 is 0 Å². The number of hydrogen-bond donors (Lipinski definition) is 1. The first kappa shape index (κ1) is 15.1. The van der Waals surface area contributed by atoms with E-state index in [4.69, 9.17) is 4.42 Å². The highest BCUT2D eigenvalue weighted by Crippen LogP contribution is 2.28. The van der Waals surface area contributed by atoms with Crippen molar-refractivity contribution in [2.75, 3.05) is 20.1 Å². The lowest BCUT2D eigenvalue weighted by Crippen LogP contribution is -2.47. The zero-order chi connectivity index (χ0) is 15.0. The first-order chi connectivity index (χ1) is 10.0. The van der Waals surface area contributed by atoms with E-state index in [1.807, 2.05) is 12.1 Å². The summed E-state index contributed by atoms with van der Waals surface area (Å²) in [7, 11) is 2.20. The van der Waals surface area contributed by atoms with E-state index >= 15 is 0 Å². The summed E-state index contributed by atoms with van der Waals surface area (Å²) >= 11 is 3.51. The van der Waals surface area contributed by atoms with Crippen LogP contribution in [0.25, 0.3) is 11.0 Å². The molecule has 2 aromatic rings. The van der Waals surface area contributed by atoms with Gasteiger partial charge in [-0.25, -0.2) is 0 Å². The van der Waals surface area contributed by atoms with Crippen molar-refractivity contribution in [3.8, 4) is 0 Å². The number of hydrogen-bond acceptors (Lipinski definition) is 3. The smallest absolute Gasteiger partial charge is 0.134 e. The first-order valence-corrected chi connectivity index (χ1v) is 8.46. The number of likely N-dealkylation sites (tertiary alicyclic amines) is 1. The third-order valence-corrected chi connectivity index (χ3v) is 4.99. The Balaban J connectivity index is 1.73. The zero-order valence-electron chi connectivity index (χ0n) is 12.9. The van der Waals surface area contributed by atoms with Gasteiger partial charge >= 0.3 is 0 Å². The lowest BCUT2D eigenvalue weighted by atomic mass is 9.93. The van der Waals surface area contributed by atoms with Gasteiger partial charge in [0.25, 0.3) is 0 Å². The number of halogens is 1. The summed E-state index contributed by atoms with van der Waals surface area (Å²) in [5, 5.41) is 4.91. The van der Waals surface area contributed by atoms with Crippen molar-refractivity contribution in [1.82, 2.24) is 10.2 Å². The molecule has 3 unspecified atom stereocenters. The summed E-state index contributed by atoms with van der Waals surface area (Å²) in [5.74, 6) is 1.69. The van der Waals surface area contributed by atoms with Crippen molar-refractivity contribution in [1.29, 1.82) is 0 Å². The molecule has 1 fully saturated rings. The molecular formula is C17H23BrN2O. The second-order valence-corrected chi connectivity index (χ2v) is 7.27. The average molecular weight is 351 g/mol. The molecule has 1 aliphatic heterocycles. The van der Waals surface area contributed by atoms with Gasteiger partial charge in [-0.3, -0.25) is 0 Å². The van der Waals surface area contributed by atoms with Crippen molar-refractivity contribution in [3.05, 3.63) is 34.5 Å². The van der Waals surface area contributed by atoms with Crippen LogP contribution in [0.4, 0.5) is 0 Å². The van der Waals surface area contributed by atoms with Crippen molar-refractivity contribution in [2.45, 2.75) is 32.4 Å². The van der Waals surface area contributed by atoms with Crippen LogP contribution in [-0.2, 0) is 0 Å². The molecule has 1 aromatic heterocycles. The largest absolute Gasteiger partial charge is 0.459 e. The molecular weight excluding hydrogens is 328 g/mol. The van der Waals surface area contributed by atoms with Crippen molar-refractivity contribution < 1.29 is 4.42 Å². The summed E-state index contributed by atoms with van der Waals surface area (Å²) < 4.78 is 7.08. The molecule has 3 nitrogen and oxygen atoms in total. The minimum Gasteiger partial charge on any atom is -0.459 e. The topological polar surface area (TPSA) is 28.4 Å². The van der Waals surface area contributed by atoms with Gasteiger partial charge in [-0.05, 0) is 57.1 Å². The molecule has 1 saturated heterocycles. The lowest BCUT2D eigenvalue weighted by Gasteiger charge is -2.36. The van der Waals surface area contributed by atoms with Crippen LogP contribution < -0.4 is 5.32 Å². The van der Waals surface area contributed by atoms with Gasteiger partial charge in [0.05, 0.1) is 6.04 Å². The van der Waals surface area contributed by atoms with E-state index in [0.29, 0.717) is 12.0 Å². The molecule has 0 aliphatic carbocycles. The summed E-state index contributed by atoms with van der Waals surface area (Å²) in [5.41, 5.74) is 0.957. The molecule has 3 atom stereocenters. The van der Waals surface area contributed by atoms with Crippen LogP contribution in [0, 0.1) is 5.92 Å². The molecule has 1 aliphatic rings. The molecule has 2 heterocycles. The summed E-state index contributed by atoms with van der Waals surface area (Å²) in [6.45, 7) is 6.85. The van der Waals surface area contributed by atoms with Crippen LogP contribution in [0.2, 0.25) is 0 Å². The molecule has 0 spiro atoms. The average Bonchev–Trinajstić information content (AvgIpc) is 2.85. The minimum absolute atomic E-state index is 0.243. The fourth-order valence-electron chi connectivity index (χ4n) is 3.25. The number of fused-ring (bicyclic) bond motifs is 1. The maximum absolute atomic E-state index is 5.99. The summed E-state index contributed by atoms with van der Waals surface area (Å²) in [6, 6.07) is 9.11. The number of furan rings is 1. The second-order valence-electron chi connectivity index (χ2n) is 6.35. The molecule has 1 aromatic carbocycles. The van der Waals surface area contributed by atoms with Crippen LogP contribution >= 0.6 is 15.9 Å². The Bertz CT molecular complexity index is 624. The van der Waals surface area contributed by atoms with E-state index in [2.05, 4.69) is 59.2 Å². The molecule has 3 rings (SSSR count). The second kappa shape index (κ2) is 6.11. The Labute approximate surface area is 134 Å². The van der Waals surface area contributed by atoms with Gasteiger partial charge in [0.15, 0.2) is 0 Å². The standard InChI is InChI=1S/C17H23BrN2O/c1-11-10-20(3)7-6-15(11)19-12(2)17-9-13-8-14(18)4-5-16(13)21-17/h4-5,8-9,11-12,15,19H,6-7,10H2,1-3H3. The molecule has 0 saturated carbocycles. The highest BCUT2D eigenvalue weighted by Gasteiger charge is 2.26. The monoisotopic (exact) mass is 350 g/mol. The van der Waals surface area contributed by atoms with E-state index in [1.165, 1.54) is 13.0 Å². The van der Waals surface area contributed by atoms with E-state index in [1.54, 1.807) is 0 Å². The van der Waals surface area contributed by atoms with Gasteiger partial charge in [0.2, 0.25) is 0 Å². The van der Waals surface area contributed by atoms with Crippen LogP contribution in [0.1, 0.15) is 32.1 Å². The number of nitrogens with zero attached hydrogens (tertiary/aromatic N) is 1. The highest BCUT2D eigenvalue weighted by molar-refractivity contribution is 9.10. The van der Waals surface area contributed by atoms with E-state index in [0.717, 1.165) is 27.7 Å². The Morgan fingerprint density at radius 2 is 2.19 bits per heavy atom. The fraction of sp³-hybridized carbons (Fsp3) is 0.529. The van der Waals surface area contributed by atoms with Gasteiger partial charge in [-0.2, -0.15) is 0 Å². The van der Waals surface area contributed by atoms with Crippen LogP contribution in [0.15, 0.2) is 33.2 Å². The molecule has 0 amide bonds. The Morgan fingerprint density at radius 3 is 2.95 bits per heavy atom. The Hall–Kier alpha value is -0.840.